The van der Waals surface area contributed by atoms with Gasteiger partial charge in [0.2, 0.25) is 0 Å². The molecule has 2 rings (SSSR count). The summed E-state index contributed by atoms with van der Waals surface area (Å²) in [6.45, 7) is 0. The molecule has 1 atom stereocenters. The highest BCUT2D eigenvalue weighted by molar-refractivity contribution is 5.14. The Bertz CT molecular complexity index is 267. The average molecular weight is 190 g/mol. The van der Waals surface area contributed by atoms with Gasteiger partial charge in [-0.25, -0.2) is 0 Å². The van der Waals surface area contributed by atoms with Gasteiger partial charge in [0.05, 0.1) is 0 Å². The van der Waals surface area contributed by atoms with Gasteiger partial charge in [0.1, 0.15) is 0 Å². The van der Waals surface area contributed by atoms with Gasteiger partial charge in [-0.3, -0.25) is 4.98 Å². The molecule has 0 amide bonds. The monoisotopic (exact) mass is 190 g/mol. The van der Waals surface area contributed by atoms with Crippen LogP contribution in [0.4, 0.5) is 0 Å². The summed E-state index contributed by atoms with van der Waals surface area (Å²) in [7, 11) is 2.04. The van der Waals surface area contributed by atoms with E-state index in [1.165, 1.54) is 31.2 Å². The van der Waals surface area contributed by atoms with Crippen molar-refractivity contribution in [2.45, 2.75) is 31.7 Å². The van der Waals surface area contributed by atoms with E-state index in [0.717, 1.165) is 5.92 Å². The molecule has 0 saturated heterocycles. The first kappa shape index (κ1) is 9.66. The van der Waals surface area contributed by atoms with E-state index in [4.69, 9.17) is 0 Å². The highest BCUT2D eigenvalue weighted by Gasteiger charge is 2.22. The molecule has 1 aliphatic carbocycles. The van der Waals surface area contributed by atoms with Crippen molar-refractivity contribution in [3.8, 4) is 0 Å². The molecule has 1 aromatic heterocycles. The first-order valence-electron chi connectivity index (χ1n) is 5.47. The predicted molar refractivity (Wildman–Crippen MR) is 58.0 cm³/mol. The molecular weight excluding hydrogens is 172 g/mol. The smallest absolute Gasteiger partial charge is 0.0318 e. The maximum absolute atomic E-state index is 4.04. The van der Waals surface area contributed by atoms with Gasteiger partial charge in [-0.1, -0.05) is 12.8 Å². The first-order valence-corrected chi connectivity index (χ1v) is 5.47. The molecule has 1 aliphatic rings. The summed E-state index contributed by atoms with van der Waals surface area (Å²) >= 11 is 0. The zero-order chi connectivity index (χ0) is 9.80. The highest BCUT2D eigenvalue weighted by atomic mass is 14.9. The third-order valence-electron chi connectivity index (χ3n) is 3.02. The van der Waals surface area contributed by atoms with Crippen LogP contribution in [0.2, 0.25) is 0 Å². The maximum atomic E-state index is 4.04. The first-order chi connectivity index (χ1) is 6.90. The standard InChI is InChI=1S/C12H18N2/c1-13-12(5-4-10-2-3-10)11-6-8-14-9-7-11/h6-10,12-13H,2-5H2,1H3. The Morgan fingerprint density at radius 3 is 2.71 bits per heavy atom. The van der Waals surface area contributed by atoms with E-state index in [9.17, 15) is 0 Å². The normalized spacial score (nSPS) is 18.1. The average Bonchev–Trinajstić information content (AvgIpc) is 3.04. The summed E-state index contributed by atoms with van der Waals surface area (Å²) in [6, 6.07) is 4.72. The van der Waals surface area contributed by atoms with E-state index in [1.807, 2.05) is 19.4 Å². The summed E-state index contributed by atoms with van der Waals surface area (Å²) in [4.78, 5) is 4.04. The largest absolute Gasteiger partial charge is 0.313 e. The molecule has 0 aliphatic heterocycles. The molecule has 1 N–H and O–H groups in total. The third kappa shape index (κ3) is 2.55. The molecule has 1 aromatic rings. The second-order valence-corrected chi connectivity index (χ2v) is 4.14. The molecule has 1 saturated carbocycles. The fourth-order valence-electron chi connectivity index (χ4n) is 1.88. The van der Waals surface area contributed by atoms with Gasteiger partial charge in [-0.15, -0.1) is 0 Å². The Hall–Kier alpha value is -0.890. The summed E-state index contributed by atoms with van der Waals surface area (Å²) in [5, 5.41) is 3.37. The van der Waals surface area contributed by atoms with Gasteiger partial charge < -0.3 is 5.32 Å². The summed E-state index contributed by atoms with van der Waals surface area (Å²) in [6.07, 6.45) is 9.27. The lowest BCUT2D eigenvalue weighted by Gasteiger charge is -2.15. The molecule has 2 heteroatoms. The zero-order valence-corrected chi connectivity index (χ0v) is 8.74. The van der Waals surface area contributed by atoms with Crippen LogP contribution in [-0.4, -0.2) is 12.0 Å². The molecule has 0 spiro atoms. The van der Waals surface area contributed by atoms with Crippen molar-refractivity contribution in [3.05, 3.63) is 30.1 Å². The molecule has 1 fully saturated rings. The van der Waals surface area contributed by atoms with Crippen LogP contribution in [0.3, 0.4) is 0 Å². The van der Waals surface area contributed by atoms with Gasteiger partial charge in [-0.05, 0) is 43.5 Å². The summed E-state index contributed by atoms with van der Waals surface area (Å²) in [5.41, 5.74) is 1.36. The second kappa shape index (κ2) is 4.56. The van der Waals surface area contributed by atoms with Crippen molar-refractivity contribution in [2.24, 2.45) is 5.92 Å². The molecule has 76 valence electrons. The Morgan fingerprint density at radius 2 is 2.14 bits per heavy atom. The zero-order valence-electron chi connectivity index (χ0n) is 8.74. The summed E-state index contributed by atoms with van der Waals surface area (Å²) in [5.74, 6) is 1.02. The van der Waals surface area contributed by atoms with Crippen molar-refractivity contribution in [1.82, 2.24) is 10.3 Å². The van der Waals surface area contributed by atoms with Gasteiger partial charge in [0, 0.05) is 18.4 Å². The van der Waals surface area contributed by atoms with Crippen LogP contribution in [0, 0.1) is 5.92 Å². The van der Waals surface area contributed by atoms with Crippen molar-refractivity contribution in [3.63, 3.8) is 0 Å². The topological polar surface area (TPSA) is 24.9 Å². The van der Waals surface area contributed by atoms with E-state index < -0.39 is 0 Å². The quantitative estimate of drug-likeness (QED) is 0.771. The van der Waals surface area contributed by atoms with Crippen LogP contribution in [0.25, 0.3) is 0 Å². The molecule has 14 heavy (non-hydrogen) atoms. The number of aromatic nitrogens is 1. The highest BCUT2D eigenvalue weighted by Crippen LogP contribution is 2.35. The molecule has 1 unspecified atom stereocenters. The van der Waals surface area contributed by atoms with Crippen molar-refractivity contribution in [1.29, 1.82) is 0 Å². The third-order valence-corrected chi connectivity index (χ3v) is 3.02. The molecule has 0 bridgehead atoms. The molecule has 0 aromatic carbocycles. The number of pyridine rings is 1. The summed E-state index contributed by atoms with van der Waals surface area (Å²) < 4.78 is 0. The number of hydrogen-bond acceptors (Lipinski definition) is 2. The van der Waals surface area contributed by atoms with Crippen molar-refractivity contribution in [2.75, 3.05) is 7.05 Å². The minimum absolute atomic E-state index is 0.513. The second-order valence-electron chi connectivity index (χ2n) is 4.14. The molecule has 2 nitrogen and oxygen atoms in total. The van der Waals surface area contributed by atoms with E-state index in [-0.39, 0.29) is 0 Å². The van der Waals surface area contributed by atoms with E-state index in [1.54, 1.807) is 0 Å². The molecular formula is C12H18N2. The fraction of sp³-hybridized carbons (Fsp3) is 0.583. The number of nitrogens with one attached hydrogen (secondary N) is 1. The van der Waals surface area contributed by atoms with Gasteiger partial charge >= 0.3 is 0 Å². The van der Waals surface area contributed by atoms with Crippen LogP contribution >= 0.6 is 0 Å². The Labute approximate surface area is 85.7 Å². The minimum atomic E-state index is 0.513. The molecule has 0 radical (unpaired) electrons. The van der Waals surface area contributed by atoms with E-state index in [0.29, 0.717) is 6.04 Å². The minimum Gasteiger partial charge on any atom is -0.313 e. The predicted octanol–water partition coefficient (Wildman–Crippen LogP) is 2.53. The lowest BCUT2D eigenvalue weighted by Crippen LogP contribution is -2.16. The van der Waals surface area contributed by atoms with Gasteiger partial charge in [0.15, 0.2) is 0 Å². The van der Waals surface area contributed by atoms with Gasteiger partial charge in [0.25, 0.3) is 0 Å². The Morgan fingerprint density at radius 1 is 1.43 bits per heavy atom. The fourth-order valence-corrected chi connectivity index (χ4v) is 1.88. The van der Waals surface area contributed by atoms with E-state index >= 15 is 0 Å². The SMILES string of the molecule is CNC(CCC1CC1)c1ccncc1. The number of hydrogen-bond donors (Lipinski definition) is 1. The van der Waals surface area contributed by atoms with Crippen LogP contribution in [0.15, 0.2) is 24.5 Å². The van der Waals surface area contributed by atoms with Crippen LogP contribution < -0.4 is 5.32 Å². The van der Waals surface area contributed by atoms with Crippen LogP contribution in [-0.2, 0) is 0 Å². The van der Waals surface area contributed by atoms with Gasteiger partial charge in [-0.2, -0.15) is 0 Å². The van der Waals surface area contributed by atoms with Crippen LogP contribution in [0.1, 0.15) is 37.3 Å². The number of rotatable bonds is 5. The maximum Gasteiger partial charge on any atom is 0.0318 e. The Balaban J connectivity index is 1.90. The van der Waals surface area contributed by atoms with Crippen molar-refractivity contribution < 1.29 is 0 Å². The lowest BCUT2D eigenvalue weighted by atomic mass is 10.0. The number of nitrogens with zero attached hydrogens (tertiary/aromatic N) is 1. The van der Waals surface area contributed by atoms with Crippen molar-refractivity contribution >= 4 is 0 Å². The van der Waals surface area contributed by atoms with E-state index in [2.05, 4.69) is 22.4 Å². The Kier molecular flexibility index (Phi) is 3.14. The lowest BCUT2D eigenvalue weighted by molar-refractivity contribution is 0.506. The molecule has 1 heterocycles. The van der Waals surface area contributed by atoms with Crippen LogP contribution in [0.5, 0.6) is 0 Å².